The van der Waals surface area contributed by atoms with Gasteiger partial charge >= 0.3 is 0 Å². The van der Waals surface area contributed by atoms with Crippen molar-refractivity contribution in [2.75, 3.05) is 18.8 Å². The fourth-order valence-corrected chi connectivity index (χ4v) is 2.65. The van der Waals surface area contributed by atoms with E-state index in [4.69, 9.17) is 4.52 Å². The van der Waals surface area contributed by atoms with Gasteiger partial charge < -0.3 is 9.84 Å². The minimum Gasteiger partial charge on any atom is -0.339 e. The summed E-state index contributed by atoms with van der Waals surface area (Å²) < 4.78 is 5.34. The molecule has 1 aliphatic heterocycles. The molecular formula is C12H21N3OS. The van der Waals surface area contributed by atoms with Gasteiger partial charge in [-0.2, -0.15) is 16.7 Å². The van der Waals surface area contributed by atoms with Crippen LogP contribution in [0.5, 0.6) is 0 Å². The van der Waals surface area contributed by atoms with Gasteiger partial charge in [-0.1, -0.05) is 25.9 Å². The van der Waals surface area contributed by atoms with Crippen LogP contribution < -0.4 is 5.32 Å². The third kappa shape index (κ3) is 3.45. The maximum Gasteiger partial charge on any atom is 0.229 e. The highest BCUT2D eigenvalue weighted by molar-refractivity contribution is 7.98. The summed E-state index contributed by atoms with van der Waals surface area (Å²) in [7, 11) is 0. The van der Waals surface area contributed by atoms with Gasteiger partial charge in [0.2, 0.25) is 5.89 Å². The Morgan fingerprint density at radius 3 is 2.76 bits per heavy atom. The topological polar surface area (TPSA) is 51.0 Å². The van der Waals surface area contributed by atoms with E-state index in [1.165, 1.54) is 0 Å². The number of rotatable bonds is 6. The molecule has 1 fully saturated rings. The molecule has 1 saturated heterocycles. The summed E-state index contributed by atoms with van der Waals surface area (Å²) in [5.74, 6) is 5.40. The second kappa shape index (κ2) is 5.87. The number of hydrogen-bond acceptors (Lipinski definition) is 5. The van der Waals surface area contributed by atoms with Crippen LogP contribution in [0, 0.1) is 11.8 Å². The van der Waals surface area contributed by atoms with Crippen LogP contribution in [0.2, 0.25) is 0 Å². The van der Waals surface area contributed by atoms with Gasteiger partial charge in [-0.25, -0.2) is 0 Å². The summed E-state index contributed by atoms with van der Waals surface area (Å²) in [5.41, 5.74) is 0. The minimum atomic E-state index is 0.382. The number of aromatic nitrogens is 2. The van der Waals surface area contributed by atoms with Crippen molar-refractivity contribution in [3.63, 3.8) is 0 Å². The molecule has 1 aliphatic rings. The predicted molar refractivity (Wildman–Crippen MR) is 70.1 cm³/mol. The molecule has 4 nitrogen and oxygen atoms in total. The SMILES string of the molecule is CC(C)CSCc1noc(C(C)C2CNC2)n1. The highest BCUT2D eigenvalue weighted by atomic mass is 32.2. The van der Waals surface area contributed by atoms with Gasteiger partial charge in [-0.05, 0) is 30.7 Å². The van der Waals surface area contributed by atoms with Crippen LogP contribution in [-0.4, -0.2) is 29.0 Å². The monoisotopic (exact) mass is 255 g/mol. The van der Waals surface area contributed by atoms with Crippen LogP contribution in [-0.2, 0) is 5.75 Å². The summed E-state index contributed by atoms with van der Waals surface area (Å²) >= 11 is 1.87. The summed E-state index contributed by atoms with van der Waals surface area (Å²) in [4.78, 5) is 4.48. The normalized spacial score (nSPS) is 18.4. The van der Waals surface area contributed by atoms with Gasteiger partial charge in [0.25, 0.3) is 0 Å². The molecule has 0 saturated carbocycles. The van der Waals surface area contributed by atoms with E-state index in [9.17, 15) is 0 Å². The lowest BCUT2D eigenvalue weighted by Crippen LogP contribution is -2.44. The zero-order valence-corrected chi connectivity index (χ0v) is 11.6. The standard InChI is InChI=1S/C12H21N3OS/c1-8(2)6-17-7-11-14-12(16-15-11)9(3)10-4-13-5-10/h8-10,13H,4-7H2,1-3H3. The molecule has 1 unspecified atom stereocenters. The maximum atomic E-state index is 5.34. The number of thioether (sulfide) groups is 1. The molecule has 0 amide bonds. The smallest absolute Gasteiger partial charge is 0.229 e. The Hall–Kier alpha value is -0.550. The van der Waals surface area contributed by atoms with Crippen molar-refractivity contribution in [1.29, 1.82) is 0 Å². The van der Waals surface area contributed by atoms with Crippen LogP contribution >= 0.6 is 11.8 Å². The third-order valence-electron chi connectivity index (χ3n) is 3.08. The van der Waals surface area contributed by atoms with Gasteiger partial charge in [0.15, 0.2) is 5.82 Å². The van der Waals surface area contributed by atoms with E-state index in [1.807, 2.05) is 11.8 Å². The van der Waals surface area contributed by atoms with Crippen LogP contribution in [0.25, 0.3) is 0 Å². The summed E-state index contributed by atoms with van der Waals surface area (Å²) in [6.07, 6.45) is 0. The number of hydrogen-bond donors (Lipinski definition) is 1. The van der Waals surface area contributed by atoms with Gasteiger partial charge in [0.05, 0.1) is 5.75 Å². The van der Waals surface area contributed by atoms with Gasteiger partial charge in [-0.3, -0.25) is 0 Å². The van der Waals surface area contributed by atoms with Crippen LogP contribution in [0.3, 0.4) is 0 Å². The fraction of sp³-hybridized carbons (Fsp3) is 0.833. The lowest BCUT2D eigenvalue weighted by atomic mass is 9.89. The second-order valence-corrected chi connectivity index (χ2v) is 6.20. The Labute approximate surface area is 107 Å². The number of nitrogens with zero attached hydrogens (tertiary/aromatic N) is 2. The van der Waals surface area contributed by atoms with E-state index in [0.29, 0.717) is 17.8 Å². The van der Waals surface area contributed by atoms with Crippen LogP contribution in [0.4, 0.5) is 0 Å². The molecule has 0 bridgehead atoms. The zero-order valence-electron chi connectivity index (χ0n) is 10.8. The summed E-state index contributed by atoms with van der Waals surface area (Å²) in [5, 5.41) is 7.32. The molecular weight excluding hydrogens is 234 g/mol. The second-order valence-electron chi connectivity index (χ2n) is 5.16. The number of nitrogens with one attached hydrogen (secondary N) is 1. The Balaban J connectivity index is 1.82. The lowest BCUT2D eigenvalue weighted by Gasteiger charge is -2.30. The van der Waals surface area contributed by atoms with Crippen molar-refractivity contribution in [2.24, 2.45) is 11.8 Å². The Morgan fingerprint density at radius 1 is 1.41 bits per heavy atom. The highest BCUT2D eigenvalue weighted by Crippen LogP contribution is 2.26. The predicted octanol–water partition coefficient (Wildman–Crippen LogP) is 2.28. The van der Waals surface area contributed by atoms with E-state index in [2.05, 4.69) is 36.2 Å². The quantitative estimate of drug-likeness (QED) is 0.845. The van der Waals surface area contributed by atoms with E-state index < -0.39 is 0 Å². The Bertz CT molecular complexity index is 349. The van der Waals surface area contributed by atoms with Gasteiger partial charge in [0.1, 0.15) is 0 Å². The van der Waals surface area contributed by atoms with E-state index >= 15 is 0 Å². The molecule has 1 atom stereocenters. The van der Waals surface area contributed by atoms with E-state index in [0.717, 1.165) is 36.3 Å². The zero-order chi connectivity index (χ0) is 12.3. The molecule has 2 heterocycles. The molecule has 0 spiro atoms. The molecule has 1 aromatic rings. The fourth-order valence-electron chi connectivity index (χ4n) is 1.76. The summed E-state index contributed by atoms with van der Waals surface area (Å²) in [6, 6.07) is 0. The van der Waals surface area contributed by atoms with Crippen molar-refractivity contribution < 1.29 is 4.52 Å². The first-order valence-electron chi connectivity index (χ1n) is 6.27. The van der Waals surface area contributed by atoms with Gasteiger partial charge in [-0.15, -0.1) is 0 Å². The average molecular weight is 255 g/mol. The molecule has 96 valence electrons. The van der Waals surface area contributed by atoms with Crippen LogP contribution in [0.1, 0.15) is 38.4 Å². The molecule has 1 aromatic heterocycles. The molecule has 5 heteroatoms. The molecule has 17 heavy (non-hydrogen) atoms. The molecule has 2 rings (SSSR count). The average Bonchev–Trinajstić information content (AvgIpc) is 2.63. The molecule has 0 aliphatic carbocycles. The van der Waals surface area contributed by atoms with Crippen LogP contribution in [0.15, 0.2) is 4.52 Å². The Kier molecular flexibility index (Phi) is 4.45. The van der Waals surface area contributed by atoms with E-state index in [-0.39, 0.29) is 0 Å². The van der Waals surface area contributed by atoms with E-state index in [1.54, 1.807) is 0 Å². The van der Waals surface area contributed by atoms with Crippen molar-refractivity contribution in [3.8, 4) is 0 Å². The van der Waals surface area contributed by atoms with Gasteiger partial charge in [0, 0.05) is 5.92 Å². The van der Waals surface area contributed by atoms with Crippen molar-refractivity contribution in [2.45, 2.75) is 32.4 Å². The minimum absolute atomic E-state index is 0.382. The van der Waals surface area contributed by atoms with Crippen molar-refractivity contribution in [3.05, 3.63) is 11.7 Å². The first-order valence-corrected chi connectivity index (χ1v) is 7.43. The largest absolute Gasteiger partial charge is 0.339 e. The molecule has 0 aromatic carbocycles. The highest BCUT2D eigenvalue weighted by Gasteiger charge is 2.28. The van der Waals surface area contributed by atoms with Crippen molar-refractivity contribution >= 4 is 11.8 Å². The molecule has 0 radical (unpaired) electrons. The Morgan fingerprint density at radius 2 is 2.18 bits per heavy atom. The van der Waals surface area contributed by atoms with Crippen molar-refractivity contribution in [1.82, 2.24) is 15.5 Å². The first kappa shape index (κ1) is 12.9. The molecule has 1 N–H and O–H groups in total. The first-order chi connectivity index (χ1) is 8.16. The maximum absolute atomic E-state index is 5.34. The third-order valence-corrected chi connectivity index (χ3v) is 4.44. The lowest BCUT2D eigenvalue weighted by molar-refractivity contribution is 0.252. The summed E-state index contributed by atoms with van der Waals surface area (Å²) in [6.45, 7) is 8.76.